The molecular formula is C8H16ClNO4. The van der Waals surface area contributed by atoms with E-state index in [1.165, 1.54) is 6.92 Å². The second-order valence-electron chi connectivity index (χ2n) is 3.58. The Hall–Kier alpha value is -0.810. The monoisotopic (exact) mass is 225 g/mol. The van der Waals surface area contributed by atoms with E-state index < -0.39 is 23.0 Å². The summed E-state index contributed by atoms with van der Waals surface area (Å²) in [5.74, 6) is -0.963. The first-order chi connectivity index (χ1) is 6.06. The lowest BCUT2D eigenvalue weighted by Gasteiger charge is -2.16. The third-order valence-electron chi connectivity index (χ3n) is 0.776. The third-order valence-corrected chi connectivity index (χ3v) is 0.853. The van der Waals surface area contributed by atoms with Crippen LogP contribution in [0.1, 0.15) is 27.7 Å². The van der Waals surface area contributed by atoms with Crippen LogP contribution in [0.25, 0.3) is 0 Å². The Morgan fingerprint density at radius 2 is 1.71 bits per heavy atom. The molecule has 0 saturated carbocycles. The zero-order valence-corrected chi connectivity index (χ0v) is 9.46. The quantitative estimate of drug-likeness (QED) is 0.662. The molecule has 0 radical (unpaired) electrons. The number of ether oxygens (including phenoxy) is 1. The summed E-state index contributed by atoms with van der Waals surface area (Å²) in [7, 11) is 0. The van der Waals surface area contributed by atoms with Crippen LogP contribution < -0.4 is 5.73 Å². The first-order valence-electron chi connectivity index (χ1n) is 3.93. The molecule has 0 amide bonds. The highest BCUT2D eigenvalue weighted by Crippen LogP contribution is 2.08. The average Bonchev–Trinajstić information content (AvgIpc) is 1.81. The van der Waals surface area contributed by atoms with E-state index in [4.69, 9.17) is 22.4 Å². The molecule has 0 aromatic carbocycles. The van der Waals surface area contributed by atoms with Crippen molar-refractivity contribution in [3.63, 3.8) is 0 Å². The van der Waals surface area contributed by atoms with Crippen LogP contribution in [-0.4, -0.2) is 28.1 Å². The summed E-state index contributed by atoms with van der Waals surface area (Å²) < 4.78 is 4.56. The lowest BCUT2D eigenvalue weighted by atomic mass is 10.2. The number of carboxylic acids is 1. The molecule has 84 valence electrons. The molecule has 0 aliphatic rings. The number of halogens is 1. The van der Waals surface area contributed by atoms with Gasteiger partial charge < -0.3 is 15.6 Å². The molecule has 0 aromatic rings. The minimum atomic E-state index is -0.963. The summed E-state index contributed by atoms with van der Waals surface area (Å²) in [6.45, 7) is 6.69. The number of aliphatic carboxylic acids is 1. The number of hydrogen-bond donors (Lipinski definition) is 2. The highest BCUT2D eigenvalue weighted by atomic mass is 35.5. The topological polar surface area (TPSA) is 89.6 Å². The van der Waals surface area contributed by atoms with Gasteiger partial charge in [-0.1, -0.05) is 0 Å². The summed E-state index contributed by atoms with van der Waals surface area (Å²) in [6.07, 6.45) is 0. The predicted molar refractivity (Wildman–Crippen MR) is 53.4 cm³/mol. The Kier molecular flexibility index (Phi) is 7.40. The van der Waals surface area contributed by atoms with Crippen LogP contribution in [0, 0.1) is 0 Å². The van der Waals surface area contributed by atoms with Crippen molar-refractivity contribution in [1.82, 2.24) is 0 Å². The van der Waals surface area contributed by atoms with Gasteiger partial charge in [0.25, 0.3) is 0 Å². The van der Waals surface area contributed by atoms with E-state index in [9.17, 15) is 9.59 Å². The summed E-state index contributed by atoms with van der Waals surface area (Å²) in [6, 6.07) is -0.731. The van der Waals surface area contributed by atoms with Crippen molar-refractivity contribution in [2.75, 3.05) is 0 Å². The molecule has 0 aromatic heterocycles. The second kappa shape index (κ2) is 6.62. The van der Waals surface area contributed by atoms with Crippen molar-refractivity contribution < 1.29 is 19.4 Å². The normalized spacial score (nSPS) is 12.1. The predicted octanol–water partition coefficient (Wildman–Crippen LogP) is 1.58. The molecule has 0 aliphatic heterocycles. The lowest BCUT2D eigenvalue weighted by Crippen LogP contribution is -2.25. The molecule has 1 unspecified atom stereocenters. The van der Waals surface area contributed by atoms with Crippen molar-refractivity contribution in [3.8, 4) is 0 Å². The van der Waals surface area contributed by atoms with Gasteiger partial charge >= 0.3 is 11.4 Å². The largest absolute Gasteiger partial charge is 0.480 e. The fraction of sp³-hybridized carbons (Fsp3) is 0.750. The SMILES string of the molecule is CC(C)(C)OC(=O)Cl.CC(N)C(=O)O. The number of carbonyl (C=O) groups excluding carboxylic acids is 1. The van der Waals surface area contributed by atoms with Crippen molar-refractivity contribution in [2.45, 2.75) is 39.3 Å². The Morgan fingerprint density at radius 1 is 1.43 bits per heavy atom. The Bertz CT molecular complexity index is 198. The van der Waals surface area contributed by atoms with Crippen molar-refractivity contribution in [2.24, 2.45) is 5.73 Å². The summed E-state index contributed by atoms with van der Waals surface area (Å²) in [5, 5.41) is 7.87. The molecule has 0 bridgehead atoms. The standard InChI is InChI=1S/C5H9ClO2.C3H7NO2/c1-5(2,3)8-4(6)7;1-2(4)3(5)6/h1-3H3;2H,4H2,1H3,(H,5,6). The van der Waals surface area contributed by atoms with Gasteiger partial charge in [0.15, 0.2) is 0 Å². The zero-order chi connectivity index (χ0) is 11.9. The van der Waals surface area contributed by atoms with E-state index in [1.54, 1.807) is 20.8 Å². The van der Waals surface area contributed by atoms with Gasteiger partial charge in [0.05, 0.1) is 0 Å². The van der Waals surface area contributed by atoms with Crippen LogP contribution in [0.3, 0.4) is 0 Å². The van der Waals surface area contributed by atoms with E-state index in [-0.39, 0.29) is 0 Å². The van der Waals surface area contributed by atoms with E-state index >= 15 is 0 Å². The van der Waals surface area contributed by atoms with Gasteiger partial charge in [0, 0.05) is 11.6 Å². The van der Waals surface area contributed by atoms with Crippen molar-refractivity contribution >= 4 is 23.0 Å². The Balaban J connectivity index is 0. The number of rotatable bonds is 1. The number of carboxylic acid groups (broad SMARTS) is 1. The summed E-state index contributed by atoms with van der Waals surface area (Å²) in [5.41, 5.74) is 3.62. The molecule has 0 rings (SSSR count). The minimum Gasteiger partial charge on any atom is -0.480 e. The molecule has 0 heterocycles. The van der Waals surface area contributed by atoms with E-state index in [1.807, 2.05) is 0 Å². The smallest absolute Gasteiger partial charge is 0.404 e. The van der Waals surface area contributed by atoms with Gasteiger partial charge in [-0.3, -0.25) is 4.79 Å². The molecule has 5 nitrogen and oxygen atoms in total. The van der Waals surface area contributed by atoms with E-state index in [2.05, 4.69) is 4.74 Å². The Labute approximate surface area is 88.2 Å². The average molecular weight is 226 g/mol. The fourth-order valence-corrected chi connectivity index (χ4v) is 0.472. The zero-order valence-electron chi connectivity index (χ0n) is 8.70. The third kappa shape index (κ3) is 17.3. The number of carbonyl (C=O) groups is 2. The van der Waals surface area contributed by atoms with E-state index in [0.717, 1.165) is 0 Å². The van der Waals surface area contributed by atoms with Crippen molar-refractivity contribution in [3.05, 3.63) is 0 Å². The minimum absolute atomic E-state index is 0.459. The fourth-order valence-electron chi connectivity index (χ4n) is 0.241. The number of nitrogens with two attached hydrogens (primary N) is 1. The van der Waals surface area contributed by atoms with Crippen LogP contribution in [0.2, 0.25) is 0 Å². The molecule has 0 saturated heterocycles. The van der Waals surface area contributed by atoms with Crippen LogP contribution >= 0.6 is 11.6 Å². The second-order valence-corrected chi connectivity index (χ2v) is 3.89. The van der Waals surface area contributed by atoms with Crippen LogP contribution in [-0.2, 0) is 9.53 Å². The summed E-state index contributed by atoms with van der Waals surface area (Å²) in [4.78, 5) is 19.6. The first-order valence-corrected chi connectivity index (χ1v) is 4.31. The van der Waals surface area contributed by atoms with Crippen molar-refractivity contribution in [1.29, 1.82) is 0 Å². The van der Waals surface area contributed by atoms with Crippen LogP contribution in [0.5, 0.6) is 0 Å². The molecule has 3 N–H and O–H groups in total. The molecule has 0 aliphatic carbocycles. The van der Waals surface area contributed by atoms with Gasteiger partial charge in [-0.05, 0) is 27.7 Å². The van der Waals surface area contributed by atoms with Crippen LogP contribution in [0.15, 0.2) is 0 Å². The van der Waals surface area contributed by atoms with Gasteiger partial charge in [0.2, 0.25) is 0 Å². The molecule has 14 heavy (non-hydrogen) atoms. The van der Waals surface area contributed by atoms with E-state index in [0.29, 0.717) is 0 Å². The lowest BCUT2D eigenvalue weighted by molar-refractivity contribution is -0.138. The highest BCUT2D eigenvalue weighted by molar-refractivity contribution is 6.61. The van der Waals surface area contributed by atoms with Gasteiger partial charge in [-0.2, -0.15) is 0 Å². The van der Waals surface area contributed by atoms with Gasteiger partial charge in [-0.25, -0.2) is 4.79 Å². The number of hydrogen-bond acceptors (Lipinski definition) is 4. The maximum atomic E-state index is 10.0. The first kappa shape index (κ1) is 15.7. The Morgan fingerprint density at radius 3 is 1.71 bits per heavy atom. The molecule has 6 heteroatoms. The molecule has 0 spiro atoms. The highest BCUT2D eigenvalue weighted by Gasteiger charge is 2.13. The van der Waals surface area contributed by atoms with Gasteiger partial charge in [0.1, 0.15) is 11.6 Å². The maximum Gasteiger partial charge on any atom is 0.404 e. The van der Waals surface area contributed by atoms with Gasteiger partial charge in [-0.15, -0.1) is 0 Å². The molecule has 1 atom stereocenters. The molecule has 0 fully saturated rings. The summed E-state index contributed by atoms with van der Waals surface area (Å²) >= 11 is 4.90. The molecular weight excluding hydrogens is 210 g/mol. The maximum absolute atomic E-state index is 10.0. The van der Waals surface area contributed by atoms with Crippen LogP contribution in [0.4, 0.5) is 4.79 Å².